The molecule has 1 aliphatic rings. The summed E-state index contributed by atoms with van der Waals surface area (Å²) >= 11 is 0. The maximum atomic E-state index is 12.2. The Bertz CT molecular complexity index is 460. The van der Waals surface area contributed by atoms with Gasteiger partial charge >= 0.3 is 0 Å². The van der Waals surface area contributed by atoms with E-state index >= 15 is 0 Å². The van der Waals surface area contributed by atoms with Crippen LogP contribution in [0.2, 0.25) is 0 Å². The lowest BCUT2D eigenvalue weighted by molar-refractivity contribution is 0.0235. The highest BCUT2D eigenvalue weighted by Crippen LogP contribution is 2.23. The molecule has 1 atom stereocenters. The van der Waals surface area contributed by atoms with Gasteiger partial charge in [-0.1, -0.05) is 0 Å². The molecule has 19 heavy (non-hydrogen) atoms. The molecule has 1 aromatic rings. The van der Waals surface area contributed by atoms with Crippen LogP contribution in [0.1, 0.15) is 22.6 Å². The summed E-state index contributed by atoms with van der Waals surface area (Å²) < 4.78 is 0. The molecule has 1 N–H and O–H groups in total. The molecule has 1 aliphatic heterocycles. The van der Waals surface area contributed by atoms with Crippen LogP contribution in [0.25, 0.3) is 0 Å². The zero-order valence-electron chi connectivity index (χ0n) is 11.6. The van der Waals surface area contributed by atoms with Gasteiger partial charge < -0.3 is 14.9 Å². The van der Waals surface area contributed by atoms with Crippen molar-refractivity contribution in [3.8, 4) is 0 Å². The minimum atomic E-state index is -0.822. The van der Waals surface area contributed by atoms with Gasteiger partial charge in [0.15, 0.2) is 0 Å². The van der Waals surface area contributed by atoms with Crippen LogP contribution < -0.4 is 0 Å². The second kappa shape index (κ2) is 5.22. The van der Waals surface area contributed by atoms with Gasteiger partial charge in [-0.3, -0.25) is 9.78 Å². The monoisotopic (exact) mass is 264 g/mol. The fourth-order valence-corrected chi connectivity index (χ4v) is 2.41. The third-order valence-electron chi connectivity index (χ3n) is 3.23. The second-order valence-corrected chi connectivity index (χ2v) is 5.48. The van der Waals surface area contributed by atoms with E-state index in [9.17, 15) is 9.90 Å². The number of likely N-dealkylation sites (tertiary alicyclic amines) is 1. The van der Waals surface area contributed by atoms with E-state index in [-0.39, 0.29) is 5.91 Å². The fraction of sp³-hybridized carbons (Fsp3) is 0.615. The zero-order chi connectivity index (χ0) is 14.0. The Morgan fingerprint density at radius 3 is 2.79 bits per heavy atom. The van der Waals surface area contributed by atoms with Crippen LogP contribution in [-0.2, 0) is 0 Å². The van der Waals surface area contributed by atoms with Crippen LogP contribution in [0.4, 0.5) is 0 Å². The Morgan fingerprint density at radius 2 is 2.21 bits per heavy atom. The van der Waals surface area contributed by atoms with Gasteiger partial charge in [0.25, 0.3) is 5.91 Å². The average molecular weight is 264 g/mol. The number of aliphatic hydroxyl groups is 1. The topological polar surface area (TPSA) is 69.6 Å². The van der Waals surface area contributed by atoms with Crippen molar-refractivity contribution in [2.24, 2.45) is 0 Å². The molecule has 1 saturated heterocycles. The molecule has 0 aromatic carbocycles. The van der Waals surface area contributed by atoms with Crippen molar-refractivity contribution >= 4 is 5.91 Å². The first-order valence-corrected chi connectivity index (χ1v) is 6.35. The first-order valence-electron chi connectivity index (χ1n) is 6.35. The highest BCUT2D eigenvalue weighted by molar-refractivity contribution is 5.92. The second-order valence-electron chi connectivity index (χ2n) is 5.48. The molecule has 2 heterocycles. The van der Waals surface area contributed by atoms with E-state index in [0.717, 1.165) is 5.69 Å². The summed E-state index contributed by atoms with van der Waals surface area (Å²) in [6, 6.07) is 0. The number of likely N-dealkylation sites (N-methyl/N-ethyl adjacent to an activating group) is 1. The summed E-state index contributed by atoms with van der Waals surface area (Å²) in [6.45, 7) is 3.28. The standard InChI is InChI=1S/C13H20N4O2/c1-10-6-15-11(7-14-10)12(18)17-5-4-13(19,9-17)8-16(2)3/h6-7,19H,4-5,8-9H2,1-3H3/t13-/m1/s1. The number of carbonyl (C=O) groups excluding carboxylic acids is 1. The molecule has 6 heteroatoms. The average Bonchev–Trinajstić information content (AvgIpc) is 2.70. The highest BCUT2D eigenvalue weighted by Gasteiger charge is 2.39. The molecule has 0 spiro atoms. The molecule has 0 saturated carbocycles. The molecule has 1 amide bonds. The van der Waals surface area contributed by atoms with Crippen molar-refractivity contribution < 1.29 is 9.90 Å². The number of amides is 1. The predicted octanol–water partition coefficient (Wildman–Crippen LogP) is -0.0764. The number of β-amino-alcohol motifs (C(OH)–C–C–N with tert-alkyl or cyclic N) is 1. The van der Waals surface area contributed by atoms with Crippen LogP contribution in [-0.4, -0.2) is 70.1 Å². The smallest absolute Gasteiger partial charge is 0.274 e. The number of hydrogen-bond donors (Lipinski definition) is 1. The minimum Gasteiger partial charge on any atom is -0.387 e. The number of rotatable bonds is 3. The lowest BCUT2D eigenvalue weighted by Crippen LogP contribution is -2.43. The van der Waals surface area contributed by atoms with E-state index in [2.05, 4.69) is 9.97 Å². The van der Waals surface area contributed by atoms with E-state index in [0.29, 0.717) is 31.7 Å². The summed E-state index contributed by atoms with van der Waals surface area (Å²) in [4.78, 5) is 24.0. The Morgan fingerprint density at radius 1 is 1.47 bits per heavy atom. The quantitative estimate of drug-likeness (QED) is 0.827. The highest BCUT2D eigenvalue weighted by atomic mass is 16.3. The number of carbonyl (C=O) groups is 1. The minimum absolute atomic E-state index is 0.165. The Balaban J connectivity index is 2.04. The Hall–Kier alpha value is -1.53. The fourth-order valence-electron chi connectivity index (χ4n) is 2.41. The molecule has 0 unspecified atom stereocenters. The first kappa shape index (κ1) is 13.9. The summed E-state index contributed by atoms with van der Waals surface area (Å²) in [5.41, 5.74) is 0.291. The lowest BCUT2D eigenvalue weighted by Gasteiger charge is -2.26. The number of nitrogens with zero attached hydrogens (tertiary/aromatic N) is 4. The Labute approximate surface area is 113 Å². The van der Waals surface area contributed by atoms with E-state index < -0.39 is 5.60 Å². The third-order valence-corrected chi connectivity index (χ3v) is 3.23. The van der Waals surface area contributed by atoms with Gasteiger partial charge in [-0.2, -0.15) is 0 Å². The summed E-state index contributed by atoms with van der Waals surface area (Å²) in [5, 5.41) is 10.4. The summed E-state index contributed by atoms with van der Waals surface area (Å²) in [5.74, 6) is -0.165. The van der Waals surface area contributed by atoms with Crippen molar-refractivity contribution in [1.82, 2.24) is 19.8 Å². The van der Waals surface area contributed by atoms with Gasteiger partial charge in [-0.05, 0) is 27.4 Å². The van der Waals surface area contributed by atoms with Crippen molar-refractivity contribution in [2.45, 2.75) is 18.9 Å². The van der Waals surface area contributed by atoms with Crippen LogP contribution in [0.5, 0.6) is 0 Å². The Kier molecular flexibility index (Phi) is 3.82. The van der Waals surface area contributed by atoms with Gasteiger partial charge in [0, 0.05) is 19.3 Å². The van der Waals surface area contributed by atoms with E-state index in [4.69, 9.17) is 0 Å². The third kappa shape index (κ3) is 3.27. The van der Waals surface area contributed by atoms with Crippen molar-refractivity contribution in [3.05, 3.63) is 23.8 Å². The van der Waals surface area contributed by atoms with Gasteiger partial charge in [0.05, 0.1) is 24.0 Å². The number of aromatic nitrogens is 2. The largest absolute Gasteiger partial charge is 0.387 e. The molecule has 6 nitrogen and oxygen atoms in total. The molecule has 2 rings (SSSR count). The van der Waals surface area contributed by atoms with Crippen LogP contribution >= 0.6 is 0 Å². The molecule has 0 aliphatic carbocycles. The first-order chi connectivity index (χ1) is 8.89. The van der Waals surface area contributed by atoms with Crippen molar-refractivity contribution in [2.75, 3.05) is 33.7 Å². The lowest BCUT2D eigenvalue weighted by atomic mass is 10.0. The van der Waals surface area contributed by atoms with E-state index in [1.807, 2.05) is 25.9 Å². The van der Waals surface area contributed by atoms with Gasteiger partial charge in [-0.25, -0.2) is 4.98 Å². The van der Waals surface area contributed by atoms with Gasteiger partial charge in [0.1, 0.15) is 5.69 Å². The van der Waals surface area contributed by atoms with Crippen LogP contribution in [0, 0.1) is 6.92 Å². The SMILES string of the molecule is Cc1cnc(C(=O)N2CC[C@@](O)(CN(C)C)C2)cn1. The summed E-state index contributed by atoms with van der Waals surface area (Å²) in [7, 11) is 3.82. The summed E-state index contributed by atoms with van der Waals surface area (Å²) in [6.07, 6.45) is 3.66. The molecule has 1 aromatic heterocycles. The van der Waals surface area contributed by atoms with Gasteiger partial charge in [0.2, 0.25) is 0 Å². The molecule has 0 radical (unpaired) electrons. The van der Waals surface area contributed by atoms with Crippen molar-refractivity contribution in [1.29, 1.82) is 0 Å². The molecular weight excluding hydrogens is 244 g/mol. The predicted molar refractivity (Wildman–Crippen MR) is 70.8 cm³/mol. The molecule has 104 valence electrons. The number of hydrogen-bond acceptors (Lipinski definition) is 5. The maximum absolute atomic E-state index is 12.2. The zero-order valence-corrected chi connectivity index (χ0v) is 11.6. The van der Waals surface area contributed by atoms with E-state index in [1.54, 1.807) is 11.1 Å². The molecular formula is C13H20N4O2. The normalized spacial score (nSPS) is 23.1. The van der Waals surface area contributed by atoms with Crippen molar-refractivity contribution in [3.63, 3.8) is 0 Å². The maximum Gasteiger partial charge on any atom is 0.274 e. The molecule has 1 fully saturated rings. The molecule has 0 bridgehead atoms. The van der Waals surface area contributed by atoms with Crippen LogP contribution in [0.3, 0.4) is 0 Å². The van der Waals surface area contributed by atoms with Gasteiger partial charge in [-0.15, -0.1) is 0 Å². The van der Waals surface area contributed by atoms with E-state index in [1.165, 1.54) is 6.20 Å². The van der Waals surface area contributed by atoms with Crippen LogP contribution in [0.15, 0.2) is 12.4 Å². The number of aryl methyl sites for hydroxylation is 1.